The molecule has 0 radical (unpaired) electrons. The van der Waals surface area contributed by atoms with Crippen LogP contribution in [0.25, 0.3) is 11.3 Å². The fraction of sp³-hybridized carbons (Fsp3) is 0.214. The van der Waals surface area contributed by atoms with Crippen molar-refractivity contribution in [3.05, 3.63) is 48.2 Å². The molecule has 1 heterocycles. The zero-order valence-electron chi connectivity index (χ0n) is 10.2. The molecule has 4 heteroatoms. The zero-order chi connectivity index (χ0) is 12.8. The van der Waals surface area contributed by atoms with E-state index < -0.39 is 6.09 Å². The van der Waals surface area contributed by atoms with Gasteiger partial charge in [0.05, 0.1) is 6.26 Å². The summed E-state index contributed by atoms with van der Waals surface area (Å²) in [6.07, 6.45) is 1.23. The highest BCUT2D eigenvalue weighted by atomic mass is 16.5. The molecule has 0 bridgehead atoms. The average Bonchev–Trinajstić information content (AvgIpc) is 2.91. The van der Waals surface area contributed by atoms with Gasteiger partial charge >= 0.3 is 6.09 Å². The van der Waals surface area contributed by atoms with Crippen LogP contribution in [0, 0.1) is 0 Å². The smallest absolute Gasteiger partial charge is 0.407 e. The van der Waals surface area contributed by atoms with E-state index >= 15 is 0 Å². The number of rotatable bonds is 4. The molecule has 1 amide bonds. The van der Waals surface area contributed by atoms with E-state index in [1.807, 2.05) is 43.3 Å². The van der Waals surface area contributed by atoms with Crippen molar-refractivity contribution in [1.82, 2.24) is 5.32 Å². The van der Waals surface area contributed by atoms with Crippen LogP contribution < -0.4 is 5.32 Å². The number of carbonyl (C=O) groups is 1. The number of ether oxygens (including phenoxy) is 1. The molecule has 2 rings (SSSR count). The minimum absolute atomic E-state index is 0.250. The molecule has 1 aromatic carbocycles. The maximum atomic E-state index is 11.2. The second kappa shape index (κ2) is 5.91. The Bertz CT molecular complexity index is 506. The van der Waals surface area contributed by atoms with Gasteiger partial charge in [-0.15, -0.1) is 0 Å². The van der Waals surface area contributed by atoms with E-state index in [-0.39, 0.29) is 6.61 Å². The maximum absolute atomic E-state index is 11.2. The quantitative estimate of drug-likeness (QED) is 0.899. The molecule has 4 nitrogen and oxygen atoms in total. The predicted octanol–water partition coefficient (Wildman–Crippen LogP) is 3.19. The first-order chi connectivity index (χ1) is 8.79. The molecule has 0 aliphatic rings. The Hall–Kier alpha value is -2.23. The molecule has 0 spiro atoms. The first-order valence-electron chi connectivity index (χ1n) is 5.83. The second-order valence-corrected chi connectivity index (χ2v) is 3.78. The third kappa shape index (κ3) is 3.13. The van der Waals surface area contributed by atoms with Crippen LogP contribution >= 0.6 is 0 Å². The molecular weight excluding hydrogens is 230 g/mol. The third-order valence-corrected chi connectivity index (χ3v) is 2.42. The summed E-state index contributed by atoms with van der Waals surface area (Å²) in [5.74, 6) is 0.801. The van der Waals surface area contributed by atoms with Gasteiger partial charge in [-0.25, -0.2) is 4.79 Å². The fourth-order valence-electron chi connectivity index (χ4n) is 1.60. The normalized spacial score (nSPS) is 10.1. The molecule has 94 valence electrons. The number of hydrogen-bond acceptors (Lipinski definition) is 3. The number of nitrogens with one attached hydrogen (secondary N) is 1. The zero-order valence-corrected chi connectivity index (χ0v) is 10.2. The van der Waals surface area contributed by atoms with Crippen LogP contribution in [-0.4, -0.2) is 12.6 Å². The summed E-state index contributed by atoms with van der Waals surface area (Å²) >= 11 is 0. The average molecular weight is 245 g/mol. The van der Waals surface area contributed by atoms with Gasteiger partial charge in [0.2, 0.25) is 0 Å². The number of furan rings is 1. The predicted molar refractivity (Wildman–Crippen MR) is 68.0 cm³/mol. The Kier molecular flexibility index (Phi) is 4.02. The molecule has 0 fully saturated rings. The highest BCUT2D eigenvalue weighted by molar-refractivity contribution is 5.67. The van der Waals surface area contributed by atoms with E-state index in [0.29, 0.717) is 6.54 Å². The SMILES string of the molecule is CCNC(=O)OCc1cccc(-c2ccco2)c1. The van der Waals surface area contributed by atoms with Crippen LogP contribution in [0.1, 0.15) is 12.5 Å². The standard InChI is InChI=1S/C14H15NO3/c1-2-15-14(16)18-10-11-5-3-6-12(9-11)13-7-4-8-17-13/h3-9H,2,10H2,1H3,(H,15,16). The molecule has 0 saturated heterocycles. The van der Waals surface area contributed by atoms with E-state index in [1.165, 1.54) is 0 Å². The van der Waals surface area contributed by atoms with Crippen molar-refractivity contribution in [2.45, 2.75) is 13.5 Å². The first-order valence-corrected chi connectivity index (χ1v) is 5.83. The monoisotopic (exact) mass is 245 g/mol. The van der Waals surface area contributed by atoms with Crippen LogP contribution in [0.2, 0.25) is 0 Å². The summed E-state index contributed by atoms with van der Waals surface area (Å²) in [6.45, 7) is 2.66. The van der Waals surface area contributed by atoms with Crippen molar-refractivity contribution in [2.75, 3.05) is 6.54 Å². The van der Waals surface area contributed by atoms with E-state index in [0.717, 1.165) is 16.9 Å². The molecule has 0 saturated carbocycles. The minimum Gasteiger partial charge on any atom is -0.464 e. The molecule has 2 aromatic rings. The lowest BCUT2D eigenvalue weighted by Gasteiger charge is -2.06. The summed E-state index contributed by atoms with van der Waals surface area (Å²) < 4.78 is 10.4. The fourth-order valence-corrected chi connectivity index (χ4v) is 1.60. The summed E-state index contributed by atoms with van der Waals surface area (Å²) in [7, 11) is 0. The van der Waals surface area contributed by atoms with Crippen molar-refractivity contribution in [3.63, 3.8) is 0 Å². The number of alkyl carbamates (subject to hydrolysis) is 1. The van der Waals surface area contributed by atoms with Crippen molar-refractivity contribution < 1.29 is 13.9 Å². The van der Waals surface area contributed by atoms with E-state index in [1.54, 1.807) is 6.26 Å². The van der Waals surface area contributed by atoms with Crippen LogP contribution in [-0.2, 0) is 11.3 Å². The Morgan fingerprint density at radius 3 is 2.94 bits per heavy atom. The van der Waals surface area contributed by atoms with E-state index in [9.17, 15) is 4.79 Å². The Balaban J connectivity index is 2.02. The molecule has 0 unspecified atom stereocenters. The Morgan fingerprint density at radius 1 is 1.33 bits per heavy atom. The summed E-state index contributed by atoms with van der Waals surface area (Å²) in [5, 5.41) is 2.58. The number of amides is 1. The highest BCUT2D eigenvalue weighted by Gasteiger charge is 2.04. The summed E-state index contributed by atoms with van der Waals surface area (Å²) in [6, 6.07) is 11.4. The third-order valence-electron chi connectivity index (χ3n) is 2.42. The van der Waals surface area contributed by atoms with Crippen molar-refractivity contribution in [1.29, 1.82) is 0 Å². The second-order valence-electron chi connectivity index (χ2n) is 3.78. The van der Waals surface area contributed by atoms with E-state index in [2.05, 4.69) is 5.32 Å². The lowest BCUT2D eigenvalue weighted by Crippen LogP contribution is -2.23. The topological polar surface area (TPSA) is 51.5 Å². The lowest BCUT2D eigenvalue weighted by atomic mass is 10.1. The van der Waals surface area contributed by atoms with Gasteiger partial charge in [0.1, 0.15) is 12.4 Å². The lowest BCUT2D eigenvalue weighted by molar-refractivity contribution is 0.140. The highest BCUT2D eigenvalue weighted by Crippen LogP contribution is 2.20. The molecule has 0 aliphatic carbocycles. The number of hydrogen-bond donors (Lipinski definition) is 1. The molecule has 0 aliphatic heterocycles. The Morgan fingerprint density at radius 2 is 2.22 bits per heavy atom. The Labute approximate surface area is 106 Å². The van der Waals surface area contributed by atoms with Crippen molar-refractivity contribution >= 4 is 6.09 Å². The molecule has 1 N–H and O–H groups in total. The van der Waals surface area contributed by atoms with Gasteiger partial charge in [-0.2, -0.15) is 0 Å². The van der Waals surface area contributed by atoms with E-state index in [4.69, 9.17) is 9.15 Å². The molecule has 18 heavy (non-hydrogen) atoms. The summed E-state index contributed by atoms with van der Waals surface area (Å²) in [5.41, 5.74) is 1.90. The van der Waals surface area contributed by atoms with Gasteiger partial charge in [-0.3, -0.25) is 0 Å². The van der Waals surface area contributed by atoms with Crippen molar-refractivity contribution in [2.24, 2.45) is 0 Å². The van der Waals surface area contributed by atoms with Gasteiger partial charge < -0.3 is 14.5 Å². The minimum atomic E-state index is -0.402. The molecule has 0 atom stereocenters. The van der Waals surface area contributed by atoms with Gasteiger partial charge in [0.15, 0.2) is 0 Å². The van der Waals surface area contributed by atoms with Crippen LogP contribution in [0.4, 0.5) is 4.79 Å². The maximum Gasteiger partial charge on any atom is 0.407 e. The molecular formula is C14H15NO3. The van der Waals surface area contributed by atoms with Gasteiger partial charge in [-0.1, -0.05) is 18.2 Å². The van der Waals surface area contributed by atoms with Crippen LogP contribution in [0.5, 0.6) is 0 Å². The summed E-state index contributed by atoms with van der Waals surface area (Å²) in [4.78, 5) is 11.2. The van der Waals surface area contributed by atoms with Crippen molar-refractivity contribution in [3.8, 4) is 11.3 Å². The number of carbonyl (C=O) groups excluding carboxylic acids is 1. The van der Waals surface area contributed by atoms with Gasteiger partial charge in [-0.05, 0) is 30.7 Å². The van der Waals surface area contributed by atoms with Gasteiger partial charge in [0.25, 0.3) is 0 Å². The van der Waals surface area contributed by atoms with Gasteiger partial charge in [0, 0.05) is 12.1 Å². The first kappa shape index (κ1) is 12.2. The largest absolute Gasteiger partial charge is 0.464 e. The molecule has 1 aromatic heterocycles. The van der Waals surface area contributed by atoms with Crippen LogP contribution in [0.15, 0.2) is 47.1 Å². The van der Waals surface area contributed by atoms with Crippen LogP contribution in [0.3, 0.4) is 0 Å². The number of benzene rings is 1.